The summed E-state index contributed by atoms with van der Waals surface area (Å²) in [5, 5.41) is 10.6. The van der Waals surface area contributed by atoms with E-state index in [4.69, 9.17) is 14.9 Å². The second kappa shape index (κ2) is 6.40. The highest BCUT2D eigenvalue weighted by Gasteiger charge is 2.14. The molecule has 0 amide bonds. The molecule has 1 rings (SSSR count). The second-order valence-electron chi connectivity index (χ2n) is 3.71. The molecule has 5 heteroatoms. The number of nitrogens with zero attached hydrogens (tertiary/aromatic N) is 1. The smallest absolute Gasteiger partial charge is 0.129 e. The van der Waals surface area contributed by atoms with Crippen molar-refractivity contribution in [3.8, 4) is 0 Å². The van der Waals surface area contributed by atoms with E-state index < -0.39 is 0 Å². The molecule has 1 saturated heterocycles. The minimum Gasteiger partial charge on any atom is -0.376 e. The maximum atomic E-state index is 7.52. The number of nitrogens with one attached hydrogen (secondary N) is 2. The Morgan fingerprint density at radius 2 is 2.25 bits per heavy atom. The van der Waals surface area contributed by atoms with Gasteiger partial charge in [0.25, 0.3) is 0 Å². The molecule has 2 N–H and O–H groups in total. The Hall–Kier alpha value is -1.20. The summed E-state index contributed by atoms with van der Waals surface area (Å²) in [6.07, 6.45) is 0.0457. The van der Waals surface area contributed by atoms with Gasteiger partial charge in [-0.05, 0) is 20.6 Å². The van der Waals surface area contributed by atoms with Crippen LogP contribution in [-0.2, 0) is 9.47 Å². The van der Waals surface area contributed by atoms with Crippen LogP contribution in [0.4, 0.5) is 0 Å². The average molecular weight is 225 g/mol. The van der Waals surface area contributed by atoms with Gasteiger partial charge in [0.05, 0.1) is 25.9 Å². The van der Waals surface area contributed by atoms with Crippen molar-refractivity contribution in [2.75, 3.05) is 26.4 Å². The summed E-state index contributed by atoms with van der Waals surface area (Å²) in [5.41, 5.74) is 1.28. The fourth-order valence-corrected chi connectivity index (χ4v) is 1.35. The van der Waals surface area contributed by atoms with E-state index in [1.165, 1.54) is 0 Å². The van der Waals surface area contributed by atoms with Crippen molar-refractivity contribution in [2.24, 2.45) is 4.99 Å². The third-order valence-corrected chi connectivity index (χ3v) is 2.46. The van der Waals surface area contributed by atoms with Gasteiger partial charge in [-0.3, -0.25) is 0 Å². The summed E-state index contributed by atoms with van der Waals surface area (Å²) in [4.78, 5) is 3.87. The third-order valence-electron chi connectivity index (χ3n) is 2.46. The Morgan fingerprint density at radius 3 is 2.75 bits per heavy atom. The molecular formula is C11H19N3O2. The number of aliphatic imine (C=N–C) groups is 1. The maximum absolute atomic E-state index is 7.52. The van der Waals surface area contributed by atoms with Gasteiger partial charge >= 0.3 is 0 Å². The zero-order valence-corrected chi connectivity index (χ0v) is 9.88. The van der Waals surface area contributed by atoms with E-state index in [-0.39, 0.29) is 6.10 Å². The Bertz CT molecular complexity index is 294. The molecule has 0 bridgehead atoms. The lowest BCUT2D eigenvalue weighted by Gasteiger charge is -2.23. The van der Waals surface area contributed by atoms with Crippen molar-refractivity contribution in [3.05, 3.63) is 11.4 Å². The number of hydrogen-bond acceptors (Lipinski definition) is 5. The van der Waals surface area contributed by atoms with E-state index in [1.807, 2.05) is 6.92 Å². The van der Waals surface area contributed by atoms with Crippen LogP contribution in [0.2, 0.25) is 0 Å². The monoisotopic (exact) mass is 225 g/mol. The van der Waals surface area contributed by atoms with Crippen LogP contribution >= 0.6 is 0 Å². The molecule has 1 heterocycles. The van der Waals surface area contributed by atoms with E-state index in [9.17, 15) is 0 Å². The van der Waals surface area contributed by atoms with Crippen molar-refractivity contribution in [1.29, 1.82) is 5.41 Å². The molecule has 1 aliphatic rings. The van der Waals surface area contributed by atoms with E-state index in [0.717, 1.165) is 5.57 Å². The van der Waals surface area contributed by atoms with Gasteiger partial charge in [0.1, 0.15) is 5.82 Å². The Morgan fingerprint density at radius 1 is 1.50 bits per heavy atom. The molecule has 0 radical (unpaired) electrons. The lowest BCUT2D eigenvalue weighted by Crippen LogP contribution is -2.37. The average Bonchev–Trinajstić information content (AvgIpc) is 2.30. The molecule has 90 valence electrons. The fraction of sp³-hybridized carbons (Fsp3) is 0.636. The van der Waals surface area contributed by atoms with Crippen molar-refractivity contribution in [3.63, 3.8) is 0 Å². The van der Waals surface area contributed by atoms with Crippen molar-refractivity contribution >= 4 is 12.4 Å². The van der Waals surface area contributed by atoms with E-state index in [0.29, 0.717) is 37.9 Å². The highest BCUT2D eigenvalue weighted by atomic mass is 16.6. The van der Waals surface area contributed by atoms with Crippen LogP contribution in [0.25, 0.3) is 0 Å². The largest absolute Gasteiger partial charge is 0.376 e. The number of ether oxygens (including phenoxy) is 2. The standard InChI is InChI=1S/C11H19N3O2/c1-8(9(2)12)11(13-3)14-6-10-7-15-4-5-16-10/h10,12,14H,3-7H2,1-2H3/b11-8+,12-9?. The normalized spacial score (nSPS) is 22.2. The van der Waals surface area contributed by atoms with Crippen molar-refractivity contribution < 1.29 is 9.47 Å². The molecule has 5 nitrogen and oxygen atoms in total. The van der Waals surface area contributed by atoms with E-state index in [2.05, 4.69) is 17.0 Å². The lowest BCUT2D eigenvalue weighted by atomic mass is 10.2. The summed E-state index contributed by atoms with van der Waals surface area (Å²) in [6.45, 7) is 9.58. The second-order valence-corrected chi connectivity index (χ2v) is 3.71. The first-order chi connectivity index (χ1) is 7.65. The van der Waals surface area contributed by atoms with Crippen LogP contribution in [0.1, 0.15) is 13.8 Å². The Labute approximate surface area is 96.1 Å². The summed E-state index contributed by atoms with van der Waals surface area (Å²) in [6, 6.07) is 0. The highest BCUT2D eigenvalue weighted by molar-refractivity contribution is 5.95. The van der Waals surface area contributed by atoms with Crippen LogP contribution < -0.4 is 5.32 Å². The predicted molar refractivity (Wildman–Crippen MR) is 64.2 cm³/mol. The number of hydrogen-bond donors (Lipinski definition) is 2. The Balaban J connectivity index is 2.47. The lowest BCUT2D eigenvalue weighted by molar-refractivity contribution is -0.0856. The number of rotatable bonds is 5. The summed E-state index contributed by atoms with van der Waals surface area (Å²) in [5.74, 6) is 0.640. The van der Waals surface area contributed by atoms with Crippen LogP contribution in [0.3, 0.4) is 0 Å². The molecular weight excluding hydrogens is 206 g/mol. The molecule has 1 atom stereocenters. The molecule has 1 aliphatic heterocycles. The molecule has 16 heavy (non-hydrogen) atoms. The van der Waals surface area contributed by atoms with Gasteiger partial charge in [0, 0.05) is 17.8 Å². The predicted octanol–water partition coefficient (Wildman–Crippen LogP) is 0.963. The van der Waals surface area contributed by atoms with Crippen molar-refractivity contribution in [1.82, 2.24) is 5.32 Å². The SMILES string of the molecule is C=N/C(NCC1COCCO1)=C(/C)C(C)=N. The molecule has 0 saturated carbocycles. The highest BCUT2D eigenvalue weighted by Crippen LogP contribution is 2.05. The topological polar surface area (TPSA) is 66.7 Å². The quantitative estimate of drug-likeness (QED) is 0.685. The minimum absolute atomic E-state index is 0.0457. The first-order valence-corrected chi connectivity index (χ1v) is 5.31. The van der Waals surface area contributed by atoms with Crippen molar-refractivity contribution in [2.45, 2.75) is 20.0 Å². The molecule has 0 spiro atoms. The summed E-state index contributed by atoms with van der Waals surface area (Å²) >= 11 is 0. The molecule has 1 unspecified atom stereocenters. The molecule has 0 aromatic carbocycles. The van der Waals surface area contributed by atoms with Gasteiger partial charge < -0.3 is 20.2 Å². The van der Waals surface area contributed by atoms with Crippen LogP contribution in [0, 0.1) is 5.41 Å². The summed E-state index contributed by atoms with van der Waals surface area (Å²) < 4.78 is 10.8. The third kappa shape index (κ3) is 3.75. The summed E-state index contributed by atoms with van der Waals surface area (Å²) in [7, 11) is 0. The zero-order chi connectivity index (χ0) is 12.0. The van der Waals surface area contributed by atoms with E-state index in [1.54, 1.807) is 6.92 Å². The van der Waals surface area contributed by atoms with E-state index >= 15 is 0 Å². The van der Waals surface area contributed by atoms with Crippen LogP contribution in [0.15, 0.2) is 16.4 Å². The zero-order valence-electron chi connectivity index (χ0n) is 9.88. The molecule has 1 fully saturated rings. The maximum Gasteiger partial charge on any atom is 0.129 e. The Kier molecular flexibility index (Phi) is 5.14. The molecule has 0 aliphatic carbocycles. The number of allylic oxidation sites excluding steroid dienone is 1. The van der Waals surface area contributed by atoms with Gasteiger partial charge in [-0.1, -0.05) is 0 Å². The van der Waals surface area contributed by atoms with Gasteiger partial charge in [0.2, 0.25) is 0 Å². The molecule has 0 aromatic rings. The van der Waals surface area contributed by atoms with Gasteiger partial charge in [-0.25, -0.2) is 4.99 Å². The van der Waals surface area contributed by atoms with Gasteiger partial charge in [-0.15, -0.1) is 0 Å². The van der Waals surface area contributed by atoms with Crippen LogP contribution in [-0.4, -0.2) is 44.9 Å². The van der Waals surface area contributed by atoms with Gasteiger partial charge in [-0.2, -0.15) is 0 Å². The minimum atomic E-state index is 0.0457. The fourth-order valence-electron chi connectivity index (χ4n) is 1.35. The molecule has 0 aromatic heterocycles. The van der Waals surface area contributed by atoms with Gasteiger partial charge in [0.15, 0.2) is 0 Å². The first kappa shape index (κ1) is 12.9. The van der Waals surface area contributed by atoms with Crippen LogP contribution in [0.5, 0.6) is 0 Å². The first-order valence-electron chi connectivity index (χ1n) is 5.31.